The zero-order chi connectivity index (χ0) is 14.7. The van der Waals surface area contributed by atoms with Crippen molar-refractivity contribution >= 4 is 5.78 Å². The first-order valence-electron chi connectivity index (χ1n) is 5.83. The third-order valence-electron chi connectivity index (χ3n) is 2.88. The average Bonchev–Trinajstić information content (AvgIpc) is 2.45. The summed E-state index contributed by atoms with van der Waals surface area (Å²) < 4.78 is 44.5. The Morgan fingerprint density at radius 3 is 2.45 bits per heavy atom. The van der Waals surface area contributed by atoms with Crippen molar-refractivity contribution in [3.05, 3.63) is 65.0 Å². The molecule has 2 aromatic carbocycles. The van der Waals surface area contributed by atoms with Gasteiger partial charge < -0.3 is 4.74 Å². The molecule has 0 aliphatic rings. The molecule has 2 aromatic rings. The number of ketones is 1. The van der Waals surface area contributed by atoms with E-state index in [0.29, 0.717) is 11.3 Å². The van der Waals surface area contributed by atoms with Gasteiger partial charge in [-0.3, -0.25) is 4.79 Å². The predicted octanol–water partition coefficient (Wildman–Crippen LogP) is 3.54. The topological polar surface area (TPSA) is 26.3 Å². The van der Waals surface area contributed by atoms with E-state index in [0.717, 1.165) is 12.1 Å². The molecule has 0 N–H and O–H groups in total. The van der Waals surface area contributed by atoms with Gasteiger partial charge in [0.2, 0.25) is 0 Å². The summed E-state index contributed by atoms with van der Waals surface area (Å²) in [6, 6.07) is 8.40. The molecule has 0 unspecified atom stereocenters. The normalized spacial score (nSPS) is 10.4. The van der Waals surface area contributed by atoms with E-state index in [1.54, 1.807) is 24.3 Å². The van der Waals surface area contributed by atoms with Crippen molar-refractivity contribution in [3.63, 3.8) is 0 Å². The van der Waals surface area contributed by atoms with E-state index in [4.69, 9.17) is 4.74 Å². The first-order valence-corrected chi connectivity index (χ1v) is 5.83. The molecule has 0 saturated carbocycles. The molecular formula is C15H11F3O2. The number of carbonyl (C=O) groups excluding carboxylic acids is 1. The van der Waals surface area contributed by atoms with Crippen LogP contribution in [0.5, 0.6) is 5.75 Å². The van der Waals surface area contributed by atoms with E-state index in [9.17, 15) is 18.0 Å². The molecule has 0 bridgehead atoms. The number of hydrogen-bond donors (Lipinski definition) is 0. The molecule has 0 heterocycles. The summed E-state index contributed by atoms with van der Waals surface area (Å²) in [5.41, 5.74) is 0.0685. The maximum atomic E-state index is 13.5. The summed E-state index contributed by atoms with van der Waals surface area (Å²) in [6.07, 6.45) is -0.161. The number of carbonyl (C=O) groups is 1. The van der Waals surface area contributed by atoms with Crippen LogP contribution < -0.4 is 4.74 Å². The van der Waals surface area contributed by atoms with Crippen LogP contribution in [-0.2, 0) is 6.42 Å². The largest absolute Gasteiger partial charge is 0.496 e. The Morgan fingerprint density at radius 2 is 1.75 bits per heavy atom. The molecule has 0 radical (unpaired) electrons. The monoisotopic (exact) mass is 280 g/mol. The van der Waals surface area contributed by atoms with Crippen LogP contribution in [0, 0.1) is 17.5 Å². The van der Waals surface area contributed by atoms with Crippen molar-refractivity contribution in [2.45, 2.75) is 6.42 Å². The molecule has 0 fully saturated rings. The number of Topliss-reactive ketones (excluding diaryl/α,β-unsaturated/α-hetero) is 1. The molecule has 0 aromatic heterocycles. The fourth-order valence-electron chi connectivity index (χ4n) is 1.86. The van der Waals surface area contributed by atoms with Gasteiger partial charge in [0.15, 0.2) is 23.2 Å². The number of para-hydroxylation sites is 1. The van der Waals surface area contributed by atoms with Crippen molar-refractivity contribution in [2.75, 3.05) is 7.11 Å². The van der Waals surface area contributed by atoms with Gasteiger partial charge in [-0.05, 0) is 18.2 Å². The van der Waals surface area contributed by atoms with Crippen molar-refractivity contribution < 1.29 is 22.7 Å². The van der Waals surface area contributed by atoms with E-state index < -0.39 is 28.8 Å². The fourth-order valence-corrected chi connectivity index (χ4v) is 1.86. The summed E-state index contributed by atoms with van der Waals surface area (Å²) in [7, 11) is 1.45. The first kappa shape index (κ1) is 14.1. The molecule has 0 amide bonds. The summed E-state index contributed by atoms with van der Waals surface area (Å²) in [5, 5.41) is 0. The first-order chi connectivity index (χ1) is 9.54. The molecule has 5 heteroatoms. The molecule has 104 valence electrons. The van der Waals surface area contributed by atoms with Gasteiger partial charge in [-0.2, -0.15) is 0 Å². The Bertz CT molecular complexity index is 654. The zero-order valence-electron chi connectivity index (χ0n) is 10.6. The lowest BCUT2D eigenvalue weighted by atomic mass is 10.0. The number of hydrogen-bond acceptors (Lipinski definition) is 2. The minimum atomic E-state index is -1.64. The van der Waals surface area contributed by atoms with Gasteiger partial charge in [-0.1, -0.05) is 18.2 Å². The highest BCUT2D eigenvalue weighted by molar-refractivity contribution is 5.98. The lowest BCUT2D eigenvalue weighted by Crippen LogP contribution is -2.09. The average molecular weight is 280 g/mol. The van der Waals surface area contributed by atoms with Crippen LogP contribution in [-0.4, -0.2) is 12.9 Å². The van der Waals surface area contributed by atoms with Crippen LogP contribution in [0.1, 0.15) is 15.9 Å². The number of rotatable bonds is 4. The van der Waals surface area contributed by atoms with Gasteiger partial charge in [-0.25, -0.2) is 13.2 Å². The number of methoxy groups -OCH3 is 1. The van der Waals surface area contributed by atoms with Gasteiger partial charge in [0, 0.05) is 12.0 Å². The van der Waals surface area contributed by atoms with Gasteiger partial charge in [0.1, 0.15) is 5.75 Å². The highest BCUT2D eigenvalue weighted by atomic mass is 19.2. The highest BCUT2D eigenvalue weighted by Crippen LogP contribution is 2.21. The lowest BCUT2D eigenvalue weighted by Gasteiger charge is -2.08. The molecule has 0 aliphatic carbocycles. The maximum Gasteiger partial charge on any atom is 0.195 e. The van der Waals surface area contributed by atoms with Gasteiger partial charge in [0.25, 0.3) is 0 Å². The number of benzene rings is 2. The van der Waals surface area contributed by atoms with Crippen LogP contribution in [0.2, 0.25) is 0 Å². The second-order valence-corrected chi connectivity index (χ2v) is 4.13. The van der Waals surface area contributed by atoms with Crippen molar-refractivity contribution in [2.24, 2.45) is 0 Å². The zero-order valence-corrected chi connectivity index (χ0v) is 10.6. The van der Waals surface area contributed by atoms with E-state index >= 15 is 0 Å². The maximum absolute atomic E-state index is 13.5. The van der Waals surface area contributed by atoms with Crippen LogP contribution in [0.3, 0.4) is 0 Å². The Morgan fingerprint density at radius 1 is 1.05 bits per heavy atom. The molecule has 2 rings (SSSR count). The molecule has 0 spiro atoms. The van der Waals surface area contributed by atoms with Crippen LogP contribution in [0.4, 0.5) is 13.2 Å². The van der Waals surface area contributed by atoms with Crippen molar-refractivity contribution in [3.8, 4) is 5.75 Å². The molecule has 20 heavy (non-hydrogen) atoms. The fraction of sp³-hybridized carbons (Fsp3) is 0.133. The minimum absolute atomic E-state index is 0.161. The van der Waals surface area contributed by atoms with Crippen molar-refractivity contribution in [1.82, 2.24) is 0 Å². The van der Waals surface area contributed by atoms with E-state index in [1.807, 2.05) is 0 Å². The van der Waals surface area contributed by atoms with Gasteiger partial charge in [-0.15, -0.1) is 0 Å². The standard InChI is InChI=1S/C15H11F3O2/c1-20-13-5-3-2-4-9(13)8-12(19)10-6-7-11(16)15(18)14(10)17/h2-7H,8H2,1H3. The summed E-state index contributed by atoms with van der Waals surface area (Å²) in [4.78, 5) is 12.0. The summed E-state index contributed by atoms with van der Waals surface area (Å²) >= 11 is 0. The Labute approximate surface area is 113 Å². The minimum Gasteiger partial charge on any atom is -0.496 e. The van der Waals surface area contributed by atoms with E-state index in [2.05, 4.69) is 0 Å². The molecular weight excluding hydrogens is 269 g/mol. The van der Waals surface area contributed by atoms with E-state index in [-0.39, 0.29) is 6.42 Å². The molecule has 0 aliphatic heterocycles. The van der Waals surface area contributed by atoms with E-state index in [1.165, 1.54) is 7.11 Å². The van der Waals surface area contributed by atoms with Crippen LogP contribution in [0.15, 0.2) is 36.4 Å². The lowest BCUT2D eigenvalue weighted by molar-refractivity contribution is 0.0987. The highest BCUT2D eigenvalue weighted by Gasteiger charge is 2.19. The quantitative estimate of drug-likeness (QED) is 0.632. The summed E-state index contributed by atoms with van der Waals surface area (Å²) in [6.45, 7) is 0. The Kier molecular flexibility index (Phi) is 4.08. The van der Waals surface area contributed by atoms with Gasteiger partial charge >= 0.3 is 0 Å². The molecule has 2 nitrogen and oxygen atoms in total. The smallest absolute Gasteiger partial charge is 0.195 e. The van der Waals surface area contributed by atoms with Crippen molar-refractivity contribution in [1.29, 1.82) is 0 Å². The third kappa shape index (κ3) is 2.66. The second kappa shape index (κ2) is 5.77. The van der Waals surface area contributed by atoms with Gasteiger partial charge in [0.05, 0.1) is 12.7 Å². The number of halogens is 3. The second-order valence-electron chi connectivity index (χ2n) is 4.13. The number of ether oxygens (including phenoxy) is 1. The third-order valence-corrected chi connectivity index (χ3v) is 2.88. The van der Waals surface area contributed by atoms with Crippen LogP contribution in [0.25, 0.3) is 0 Å². The van der Waals surface area contributed by atoms with Crippen LogP contribution >= 0.6 is 0 Å². The Hall–Kier alpha value is -2.30. The molecule has 0 saturated heterocycles. The predicted molar refractivity (Wildman–Crippen MR) is 67.3 cm³/mol. The summed E-state index contributed by atoms with van der Waals surface area (Å²) in [5.74, 6) is -4.60. The SMILES string of the molecule is COc1ccccc1CC(=O)c1ccc(F)c(F)c1F. The Balaban J connectivity index is 2.31. The molecule has 0 atom stereocenters.